The van der Waals surface area contributed by atoms with E-state index in [1.54, 1.807) is 12.1 Å². The summed E-state index contributed by atoms with van der Waals surface area (Å²) in [5, 5.41) is 0. The van der Waals surface area contributed by atoms with E-state index in [1.807, 2.05) is 6.07 Å². The molecule has 0 N–H and O–H groups in total. The molecule has 4 fully saturated rings. The topological polar surface area (TPSA) is 26.3 Å². The Labute approximate surface area is 249 Å². The molecule has 0 aromatic heterocycles. The van der Waals surface area contributed by atoms with Crippen LogP contribution in [0.1, 0.15) is 129 Å². The molecule has 2 nitrogen and oxygen atoms in total. The molecule has 0 aliphatic heterocycles. The van der Waals surface area contributed by atoms with Crippen LogP contribution in [0.25, 0.3) is 5.57 Å². The van der Waals surface area contributed by atoms with Gasteiger partial charge in [0, 0.05) is 0 Å². The van der Waals surface area contributed by atoms with Gasteiger partial charge in [-0.15, -0.1) is 0 Å². The number of halogens is 1. The second-order valence-electron chi connectivity index (χ2n) is 16.5. The number of fused-ring (bicyclic) bond motifs is 7. The Bertz CT molecular complexity index is 1230. The fraction of sp³-hybridized carbons (Fsp3) is 0.763. The molecule has 41 heavy (non-hydrogen) atoms. The van der Waals surface area contributed by atoms with Crippen molar-refractivity contribution in [2.45, 2.75) is 113 Å². The average Bonchev–Trinajstić information content (AvgIpc) is 3.29. The molecular weight excluding hydrogens is 507 g/mol. The molecule has 0 spiro atoms. The maximum Gasteiger partial charge on any atom is 0.340 e. The number of hydrogen-bond acceptors (Lipinski definition) is 2. The van der Waals surface area contributed by atoms with Crippen LogP contribution in [0, 0.1) is 68.9 Å². The van der Waals surface area contributed by atoms with Gasteiger partial charge in [-0.1, -0.05) is 67.0 Å². The quantitative estimate of drug-likeness (QED) is 0.341. The monoisotopic (exact) mass is 562 g/mol. The molecule has 5 aliphatic carbocycles. The number of rotatable bonds is 4. The highest BCUT2D eigenvalue weighted by atomic mass is 19.1. The van der Waals surface area contributed by atoms with Crippen molar-refractivity contribution in [2.75, 3.05) is 7.11 Å². The van der Waals surface area contributed by atoms with Gasteiger partial charge in [0.2, 0.25) is 0 Å². The molecule has 4 saturated carbocycles. The van der Waals surface area contributed by atoms with Gasteiger partial charge in [-0.05, 0) is 144 Å². The van der Waals surface area contributed by atoms with Gasteiger partial charge in [0.25, 0.3) is 0 Å². The van der Waals surface area contributed by atoms with E-state index in [0.29, 0.717) is 16.7 Å². The van der Waals surface area contributed by atoms with Gasteiger partial charge in [0.15, 0.2) is 0 Å². The average molecular weight is 563 g/mol. The second kappa shape index (κ2) is 9.95. The first-order valence-electron chi connectivity index (χ1n) is 16.9. The van der Waals surface area contributed by atoms with E-state index in [4.69, 9.17) is 4.74 Å². The highest BCUT2D eigenvalue weighted by Crippen LogP contribution is 2.74. The Morgan fingerprint density at radius 3 is 2.39 bits per heavy atom. The van der Waals surface area contributed by atoms with Crippen LogP contribution < -0.4 is 0 Å². The van der Waals surface area contributed by atoms with Crippen molar-refractivity contribution in [3.05, 3.63) is 41.2 Å². The Morgan fingerprint density at radius 2 is 1.71 bits per heavy atom. The summed E-state index contributed by atoms with van der Waals surface area (Å²) in [5.41, 5.74) is 3.40. The van der Waals surface area contributed by atoms with Gasteiger partial charge < -0.3 is 4.74 Å². The molecule has 1 aromatic carbocycles. The summed E-state index contributed by atoms with van der Waals surface area (Å²) in [7, 11) is 1.30. The smallest absolute Gasteiger partial charge is 0.340 e. The Balaban J connectivity index is 1.32. The number of carbonyl (C=O) groups excluding carboxylic acids is 1. The zero-order chi connectivity index (χ0) is 29.5. The van der Waals surface area contributed by atoms with E-state index in [-0.39, 0.29) is 16.4 Å². The van der Waals surface area contributed by atoms with Crippen molar-refractivity contribution in [3.63, 3.8) is 0 Å². The SMILES string of the molecule is CC[C@@H](C)C1CC[C@]2(C)CCC3[C@H](CCC4[C@@]3(C)CCC3C(C)(C)C(c5ccc(C(=O)OC)c(F)c5)=CC[C@@]34C)C12. The lowest BCUT2D eigenvalue weighted by molar-refractivity contribution is -0.181. The van der Waals surface area contributed by atoms with Crippen LogP contribution in [-0.4, -0.2) is 13.1 Å². The highest BCUT2D eigenvalue weighted by molar-refractivity contribution is 5.90. The Kier molecular flexibility index (Phi) is 7.14. The molecule has 3 heteroatoms. The van der Waals surface area contributed by atoms with Crippen LogP contribution in [0.4, 0.5) is 4.39 Å². The number of carbonyl (C=O) groups is 1. The highest BCUT2D eigenvalue weighted by Gasteiger charge is 2.66. The van der Waals surface area contributed by atoms with E-state index in [2.05, 4.69) is 54.5 Å². The molecule has 0 amide bonds. The third-order valence-electron chi connectivity index (χ3n) is 14.7. The summed E-state index contributed by atoms with van der Waals surface area (Å²) < 4.78 is 19.8. The maximum absolute atomic E-state index is 15.0. The minimum Gasteiger partial charge on any atom is -0.465 e. The van der Waals surface area contributed by atoms with Gasteiger partial charge in [-0.25, -0.2) is 9.18 Å². The first-order chi connectivity index (χ1) is 19.3. The summed E-state index contributed by atoms with van der Waals surface area (Å²) in [4.78, 5) is 12.0. The van der Waals surface area contributed by atoms with Gasteiger partial charge >= 0.3 is 5.97 Å². The van der Waals surface area contributed by atoms with Gasteiger partial charge in [0.1, 0.15) is 5.82 Å². The van der Waals surface area contributed by atoms with Crippen molar-refractivity contribution in [2.24, 2.45) is 63.1 Å². The zero-order valence-corrected chi connectivity index (χ0v) is 27.1. The largest absolute Gasteiger partial charge is 0.465 e. The second-order valence-corrected chi connectivity index (χ2v) is 16.5. The third kappa shape index (κ3) is 4.16. The van der Waals surface area contributed by atoms with Crippen LogP contribution in [-0.2, 0) is 4.74 Å². The predicted molar refractivity (Wildman–Crippen MR) is 166 cm³/mol. The summed E-state index contributed by atoms with van der Waals surface area (Å²) >= 11 is 0. The van der Waals surface area contributed by atoms with Gasteiger partial charge in [-0.2, -0.15) is 0 Å². The molecule has 1 aromatic rings. The molecule has 5 aliphatic rings. The predicted octanol–water partition coefficient (Wildman–Crippen LogP) is 10.4. The van der Waals surface area contributed by atoms with E-state index < -0.39 is 11.8 Å². The van der Waals surface area contributed by atoms with Crippen molar-refractivity contribution in [1.82, 2.24) is 0 Å². The van der Waals surface area contributed by atoms with Gasteiger partial charge in [-0.3, -0.25) is 0 Å². The molecule has 226 valence electrons. The minimum absolute atomic E-state index is 0.0157. The van der Waals surface area contributed by atoms with Crippen LogP contribution in [0.15, 0.2) is 24.3 Å². The number of hydrogen-bond donors (Lipinski definition) is 0. The molecule has 0 saturated heterocycles. The molecular formula is C38H55FO2. The first-order valence-corrected chi connectivity index (χ1v) is 16.9. The van der Waals surface area contributed by atoms with E-state index in [0.717, 1.165) is 47.5 Å². The molecule has 0 bridgehead atoms. The van der Waals surface area contributed by atoms with Crippen LogP contribution in [0.5, 0.6) is 0 Å². The van der Waals surface area contributed by atoms with Crippen molar-refractivity contribution < 1.29 is 13.9 Å². The van der Waals surface area contributed by atoms with Gasteiger partial charge in [0.05, 0.1) is 12.7 Å². The number of methoxy groups -OCH3 is 1. The van der Waals surface area contributed by atoms with Crippen LogP contribution in [0.2, 0.25) is 0 Å². The van der Waals surface area contributed by atoms with E-state index in [9.17, 15) is 4.79 Å². The molecule has 5 unspecified atom stereocenters. The van der Waals surface area contributed by atoms with Crippen molar-refractivity contribution >= 4 is 11.5 Å². The molecule has 10 atom stereocenters. The summed E-state index contributed by atoms with van der Waals surface area (Å²) in [5.74, 6) is 4.71. The molecule has 0 heterocycles. The summed E-state index contributed by atoms with van der Waals surface area (Å²) in [6, 6.07) is 5.10. The lowest BCUT2D eigenvalue weighted by Crippen LogP contribution is -2.61. The van der Waals surface area contributed by atoms with E-state index in [1.165, 1.54) is 70.5 Å². The number of allylic oxidation sites excluding steroid dienone is 2. The number of esters is 1. The Morgan fingerprint density at radius 1 is 0.976 bits per heavy atom. The van der Waals surface area contributed by atoms with E-state index >= 15 is 4.39 Å². The first kappa shape index (κ1) is 29.4. The lowest BCUT2D eigenvalue weighted by Gasteiger charge is -2.68. The van der Waals surface area contributed by atoms with Crippen molar-refractivity contribution in [1.29, 1.82) is 0 Å². The maximum atomic E-state index is 15.0. The zero-order valence-electron chi connectivity index (χ0n) is 27.1. The lowest BCUT2D eigenvalue weighted by atomic mass is 9.36. The minimum atomic E-state index is -0.614. The normalized spacial score (nSPS) is 43.6. The summed E-state index contributed by atoms with van der Waals surface area (Å²) in [6.07, 6.45) is 16.1. The van der Waals surface area contributed by atoms with Crippen LogP contribution >= 0.6 is 0 Å². The molecule has 0 radical (unpaired) electrons. The third-order valence-corrected chi connectivity index (χ3v) is 14.7. The molecule has 6 rings (SSSR count). The standard InChI is InChI=1S/C38H55FO2/c1-9-23(2)25-14-18-36(5)19-15-29-26(33(25)36)12-13-32-37(29,6)21-17-31-35(3,4)28(16-20-38(31,32)7)24-10-11-27(30(39)22-24)34(40)41-8/h10-11,16,22-23,25-26,29,31-33H,9,12-15,17-21H2,1-8H3/t23-,25?,26+,29?,31?,32?,33?,36-,37+,38+/m1/s1. The number of ether oxygens (including phenoxy) is 1. The summed E-state index contributed by atoms with van der Waals surface area (Å²) in [6.45, 7) is 17.8. The fourth-order valence-corrected chi connectivity index (χ4v) is 12.7. The van der Waals surface area contributed by atoms with Crippen molar-refractivity contribution in [3.8, 4) is 0 Å². The number of benzene rings is 1. The fourth-order valence-electron chi connectivity index (χ4n) is 12.7. The Hall–Kier alpha value is -1.64. The van der Waals surface area contributed by atoms with Crippen LogP contribution in [0.3, 0.4) is 0 Å².